The predicted molar refractivity (Wildman–Crippen MR) is 150 cm³/mol. The average Bonchev–Trinajstić information content (AvgIpc) is 3.55. The van der Waals surface area contributed by atoms with E-state index in [1.54, 1.807) is 6.07 Å². The number of carbonyl (C=O) groups is 2. The van der Waals surface area contributed by atoms with E-state index in [1.807, 2.05) is 68.4 Å². The minimum absolute atomic E-state index is 0.0510. The van der Waals surface area contributed by atoms with Crippen LogP contribution >= 0.6 is 11.3 Å². The Hall–Kier alpha value is -3.97. The van der Waals surface area contributed by atoms with E-state index < -0.39 is 17.7 Å². The van der Waals surface area contributed by atoms with Crippen LogP contribution in [0.2, 0.25) is 0 Å². The number of Topliss-reactive ketones (excluding diaryl/α,β-unsaturated/α-hetero) is 1. The number of carbonyl (C=O) groups excluding carboxylic acids is 2. The predicted octanol–water partition coefficient (Wildman–Crippen LogP) is 6.68. The Bertz CT molecular complexity index is 1630. The van der Waals surface area contributed by atoms with Crippen LogP contribution in [0.4, 0.5) is 5.13 Å². The van der Waals surface area contributed by atoms with Crippen molar-refractivity contribution in [3.05, 3.63) is 94.1 Å². The summed E-state index contributed by atoms with van der Waals surface area (Å²) in [7, 11) is 0. The number of amides is 1. The molecule has 4 aromatic rings. The summed E-state index contributed by atoms with van der Waals surface area (Å²) in [6.45, 7) is 8.22. The molecule has 6 rings (SSSR count). The molecule has 1 aromatic heterocycles. The van der Waals surface area contributed by atoms with E-state index >= 15 is 0 Å². The first-order valence-electron chi connectivity index (χ1n) is 12.8. The van der Waals surface area contributed by atoms with Crippen molar-refractivity contribution in [2.24, 2.45) is 0 Å². The molecular formula is C31H28N2O4S. The van der Waals surface area contributed by atoms with Gasteiger partial charge in [-0.1, -0.05) is 55.5 Å². The maximum Gasteiger partial charge on any atom is 0.301 e. The largest absolute Gasteiger partial charge is 0.507 e. The van der Waals surface area contributed by atoms with Gasteiger partial charge in [0.05, 0.1) is 21.8 Å². The lowest BCUT2D eigenvalue weighted by molar-refractivity contribution is -0.132. The van der Waals surface area contributed by atoms with Gasteiger partial charge in [0.15, 0.2) is 5.13 Å². The first-order valence-corrected chi connectivity index (χ1v) is 13.6. The Kier molecular flexibility index (Phi) is 5.83. The summed E-state index contributed by atoms with van der Waals surface area (Å²) in [5.74, 6) is -0.499. The van der Waals surface area contributed by atoms with Gasteiger partial charge in [-0.2, -0.15) is 0 Å². The number of thiazole rings is 1. The second-order valence-corrected chi connectivity index (χ2v) is 11.4. The molecule has 1 N–H and O–H groups in total. The molecule has 0 spiro atoms. The second kappa shape index (κ2) is 9.10. The van der Waals surface area contributed by atoms with Crippen LogP contribution in [0.25, 0.3) is 16.0 Å². The molecule has 192 valence electrons. The smallest absolute Gasteiger partial charge is 0.301 e. The van der Waals surface area contributed by atoms with Crippen molar-refractivity contribution in [1.82, 2.24) is 4.98 Å². The van der Waals surface area contributed by atoms with Crippen molar-refractivity contribution >= 4 is 44.1 Å². The molecule has 1 fully saturated rings. The molecule has 1 saturated heterocycles. The third kappa shape index (κ3) is 3.98. The molecule has 6 nitrogen and oxygen atoms in total. The van der Waals surface area contributed by atoms with Crippen molar-refractivity contribution in [3.63, 3.8) is 0 Å². The van der Waals surface area contributed by atoms with E-state index in [0.29, 0.717) is 16.6 Å². The van der Waals surface area contributed by atoms with Crippen LogP contribution in [-0.4, -0.2) is 27.9 Å². The Morgan fingerprint density at radius 2 is 1.84 bits per heavy atom. The number of aliphatic hydroxyl groups excluding tert-OH is 1. The quantitative estimate of drug-likeness (QED) is 0.183. The zero-order valence-electron chi connectivity index (χ0n) is 21.7. The molecular weight excluding hydrogens is 496 g/mol. The fourth-order valence-electron chi connectivity index (χ4n) is 5.26. The van der Waals surface area contributed by atoms with Gasteiger partial charge in [-0.25, -0.2) is 4.98 Å². The Morgan fingerprint density at radius 3 is 2.58 bits per heavy atom. The first kappa shape index (κ1) is 24.4. The van der Waals surface area contributed by atoms with Crippen LogP contribution in [0.1, 0.15) is 60.5 Å². The van der Waals surface area contributed by atoms with Gasteiger partial charge in [-0.3, -0.25) is 14.5 Å². The number of benzene rings is 3. The number of aryl methyl sites for hydroxylation is 1. The van der Waals surface area contributed by atoms with Gasteiger partial charge in [0.1, 0.15) is 17.6 Å². The third-order valence-corrected chi connectivity index (χ3v) is 8.29. The standard InChI is InChI=1S/C31H28N2O4S/c1-16(2)19-6-8-20(9-7-19)27-26(28(34)21-10-12-24-22(15-21)14-18(4)37-24)29(35)30(36)33(27)31-32-23-11-5-17(3)13-25(23)38-31/h5-13,15-16,18,27,34H,14H2,1-4H3/b28-26+. The SMILES string of the molecule is Cc1ccc2nc(N3C(=O)C(=O)/C(=C(/O)c4ccc5c(c4)CC(C)O5)C3c3ccc(C(C)C)cc3)sc2c1. The molecule has 0 aliphatic carbocycles. The van der Waals surface area contributed by atoms with Crippen molar-refractivity contribution in [2.45, 2.75) is 52.2 Å². The monoisotopic (exact) mass is 524 g/mol. The van der Waals surface area contributed by atoms with Gasteiger partial charge >= 0.3 is 5.91 Å². The Labute approximate surface area is 225 Å². The minimum atomic E-state index is -0.804. The number of ketones is 1. The average molecular weight is 525 g/mol. The van der Waals surface area contributed by atoms with Gasteiger partial charge in [0, 0.05) is 12.0 Å². The van der Waals surface area contributed by atoms with E-state index in [9.17, 15) is 14.7 Å². The van der Waals surface area contributed by atoms with Gasteiger partial charge in [-0.15, -0.1) is 0 Å². The van der Waals surface area contributed by atoms with Crippen LogP contribution in [0, 0.1) is 6.92 Å². The molecule has 0 radical (unpaired) electrons. The second-order valence-electron chi connectivity index (χ2n) is 10.4. The molecule has 0 saturated carbocycles. The molecule has 2 aliphatic heterocycles. The fourth-order valence-corrected chi connectivity index (χ4v) is 6.35. The molecule has 7 heteroatoms. The molecule has 1 amide bonds. The first-order chi connectivity index (χ1) is 18.2. The minimum Gasteiger partial charge on any atom is -0.507 e. The molecule has 3 heterocycles. The molecule has 38 heavy (non-hydrogen) atoms. The Morgan fingerprint density at radius 1 is 1.08 bits per heavy atom. The van der Waals surface area contributed by atoms with E-state index in [1.165, 1.54) is 16.2 Å². The number of rotatable bonds is 4. The zero-order valence-corrected chi connectivity index (χ0v) is 22.5. The van der Waals surface area contributed by atoms with E-state index in [4.69, 9.17) is 9.72 Å². The summed E-state index contributed by atoms with van der Waals surface area (Å²) in [5, 5.41) is 12.0. The summed E-state index contributed by atoms with van der Waals surface area (Å²) in [5.41, 5.74) is 5.26. The lowest BCUT2D eigenvalue weighted by atomic mass is 9.93. The van der Waals surface area contributed by atoms with Crippen LogP contribution < -0.4 is 9.64 Å². The van der Waals surface area contributed by atoms with E-state index in [-0.39, 0.29) is 17.4 Å². The Balaban J connectivity index is 1.53. The molecule has 2 unspecified atom stereocenters. The van der Waals surface area contributed by atoms with Crippen LogP contribution in [0.5, 0.6) is 5.75 Å². The van der Waals surface area contributed by atoms with Crippen molar-refractivity contribution in [2.75, 3.05) is 4.90 Å². The summed E-state index contributed by atoms with van der Waals surface area (Å²) in [6, 6.07) is 18.4. The number of hydrogen-bond acceptors (Lipinski definition) is 6. The maximum atomic E-state index is 13.6. The summed E-state index contributed by atoms with van der Waals surface area (Å²) in [6.07, 6.45) is 0.769. The van der Waals surface area contributed by atoms with Gasteiger partial charge < -0.3 is 9.84 Å². The van der Waals surface area contributed by atoms with Gasteiger partial charge in [-0.05, 0) is 72.4 Å². The van der Waals surface area contributed by atoms with Crippen LogP contribution in [0.3, 0.4) is 0 Å². The highest BCUT2D eigenvalue weighted by Crippen LogP contribution is 2.45. The van der Waals surface area contributed by atoms with Crippen LogP contribution in [0.15, 0.2) is 66.2 Å². The summed E-state index contributed by atoms with van der Waals surface area (Å²) < 4.78 is 6.74. The topological polar surface area (TPSA) is 79.7 Å². The van der Waals surface area contributed by atoms with Crippen molar-refractivity contribution in [3.8, 4) is 5.75 Å². The van der Waals surface area contributed by atoms with Crippen molar-refractivity contribution < 1.29 is 19.4 Å². The summed E-state index contributed by atoms with van der Waals surface area (Å²) >= 11 is 1.37. The number of anilines is 1. The highest BCUT2D eigenvalue weighted by atomic mass is 32.1. The number of fused-ring (bicyclic) bond motifs is 2. The fraction of sp³-hybridized carbons (Fsp3) is 0.258. The lowest BCUT2D eigenvalue weighted by Gasteiger charge is -2.23. The normalized spacial score (nSPS) is 20.4. The van der Waals surface area contributed by atoms with Gasteiger partial charge in [0.2, 0.25) is 0 Å². The number of aliphatic hydroxyl groups is 1. The van der Waals surface area contributed by atoms with Crippen LogP contribution in [-0.2, 0) is 16.0 Å². The highest BCUT2D eigenvalue weighted by Gasteiger charge is 2.48. The highest BCUT2D eigenvalue weighted by molar-refractivity contribution is 7.22. The van der Waals surface area contributed by atoms with Crippen molar-refractivity contribution in [1.29, 1.82) is 0 Å². The number of ether oxygens (including phenoxy) is 1. The number of aromatic nitrogens is 1. The number of hydrogen-bond donors (Lipinski definition) is 1. The lowest BCUT2D eigenvalue weighted by Crippen LogP contribution is -2.29. The van der Waals surface area contributed by atoms with E-state index in [0.717, 1.165) is 44.6 Å². The molecule has 2 aliphatic rings. The molecule has 0 bridgehead atoms. The summed E-state index contributed by atoms with van der Waals surface area (Å²) in [4.78, 5) is 33.3. The van der Waals surface area contributed by atoms with E-state index in [2.05, 4.69) is 13.8 Å². The molecule has 3 aromatic carbocycles. The van der Waals surface area contributed by atoms with Gasteiger partial charge in [0.25, 0.3) is 5.78 Å². The molecule has 2 atom stereocenters. The zero-order chi connectivity index (χ0) is 26.7. The third-order valence-electron chi connectivity index (χ3n) is 7.27. The maximum absolute atomic E-state index is 13.6. The number of nitrogens with zero attached hydrogens (tertiary/aromatic N) is 2.